The number of nitrogens with zero attached hydrogens (tertiary/aromatic N) is 1. The van der Waals surface area contributed by atoms with Crippen LogP contribution in [0.15, 0.2) is 45.6 Å². The number of fused-ring (bicyclic) bond motifs is 2. The molecule has 0 saturated carbocycles. The summed E-state index contributed by atoms with van der Waals surface area (Å²) in [6.07, 6.45) is 1.53. The number of ketones is 1. The van der Waals surface area contributed by atoms with Gasteiger partial charge in [-0.3, -0.25) is 9.59 Å². The van der Waals surface area contributed by atoms with Crippen molar-refractivity contribution in [3.63, 3.8) is 0 Å². The van der Waals surface area contributed by atoms with Crippen LogP contribution in [-0.2, 0) is 4.79 Å². The molecule has 1 saturated heterocycles. The summed E-state index contributed by atoms with van der Waals surface area (Å²) in [7, 11) is 0. The first-order chi connectivity index (χ1) is 16.2. The number of amides is 1. The lowest BCUT2D eigenvalue weighted by Gasteiger charge is -2.44. The van der Waals surface area contributed by atoms with E-state index in [1.807, 2.05) is 39.0 Å². The van der Waals surface area contributed by atoms with Crippen LogP contribution in [0, 0.1) is 20.8 Å². The van der Waals surface area contributed by atoms with Gasteiger partial charge in [0.05, 0.1) is 12.0 Å². The first kappa shape index (κ1) is 22.2. The Morgan fingerprint density at radius 3 is 2.56 bits per heavy atom. The molecule has 2 aliphatic rings. The Bertz CT molecular complexity index is 1360. The standard InChI is InChI=1S/C27H27NO6/c1-16-10-18(3)26-21(11-16)22(29)14-27(34-26)6-8-28(9-7-27)24(30)15-32-19-4-5-20-17(2)12-25(31)33-23(20)13-19/h4-5,10-13H,6-9,14-15H2,1-3H3. The fourth-order valence-corrected chi connectivity index (χ4v) is 5.01. The van der Waals surface area contributed by atoms with Gasteiger partial charge in [-0.05, 0) is 55.7 Å². The van der Waals surface area contributed by atoms with Gasteiger partial charge in [0.2, 0.25) is 0 Å². The Morgan fingerprint density at radius 2 is 1.79 bits per heavy atom. The molecule has 176 valence electrons. The second kappa shape index (κ2) is 8.31. The van der Waals surface area contributed by atoms with E-state index in [2.05, 4.69) is 0 Å². The van der Waals surface area contributed by atoms with Crippen molar-refractivity contribution in [2.45, 2.75) is 45.6 Å². The number of aryl methyl sites for hydroxylation is 3. The van der Waals surface area contributed by atoms with Crippen molar-refractivity contribution in [1.29, 1.82) is 0 Å². The highest BCUT2D eigenvalue weighted by molar-refractivity contribution is 6.01. The molecule has 0 aliphatic carbocycles. The van der Waals surface area contributed by atoms with Gasteiger partial charge in [-0.2, -0.15) is 0 Å². The molecule has 34 heavy (non-hydrogen) atoms. The minimum atomic E-state index is -0.560. The van der Waals surface area contributed by atoms with E-state index in [4.69, 9.17) is 13.9 Å². The van der Waals surface area contributed by atoms with E-state index in [-0.39, 0.29) is 18.3 Å². The fraction of sp³-hybridized carbons (Fsp3) is 0.370. The van der Waals surface area contributed by atoms with Gasteiger partial charge in [0.1, 0.15) is 22.7 Å². The maximum absolute atomic E-state index is 12.9. The predicted octanol–water partition coefficient (Wildman–Crippen LogP) is 4.12. The molecule has 0 bridgehead atoms. The molecule has 1 aromatic heterocycles. The highest BCUT2D eigenvalue weighted by Gasteiger charge is 2.44. The summed E-state index contributed by atoms with van der Waals surface area (Å²) in [4.78, 5) is 39.0. The minimum absolute atomic E-state index is 0.106. The number of piperidine rings is 1. The van der Waals surface area contributed by atoms with Crippen molar-refractivity contribution >= 4 is 22.7 Å². The Balaban J connectivity index is 1.22. The van der Waals surface area contributed by atoms with Crippen LogP contribution in [0.1, 0.15) is 46.3 Å². The molecule has 2 aliphatic heterocycles. The summed E-state index contributed by atoms with van der Waals surface area (Å²) in [5.41, 5.74) is 2.96. The maximum Gasteiger partial charge on any atom is 0.336 e. The van der Waals surface area contributed by atoms with Crippen LogP contribution in [0.3, 0.4) is 0 Å². The zero-order valence-electron chi connectivity index (χ0n) is 19.6. The molecule has 1 spiro atoms. The Kier molecular flexibility index (Phi) is 5.42. The summed E-state index contributed by atoms with van der Waals surface area (Å²) >= 11 is 0. The van der Waals surface area contributed by atoms with Crippen LogP contribution < -0.4 is 15.1 Å². The summed E-state index contributed by atoms with van der Waals surface area (Å²) in [6.45, 7) is 6.68. The molecule has 3 heterocycles. The van der Waals surface area contributed by atoms with E-state index in [0.717, 1.165) is 22.1 Å². The minimum Gasteiger partial charge on any atom is -0.486 e. The molecule has 2 aromatic carbocycles. The van der Waals surface area contributed by atoms with E-state index in [9.17, 15) is 14.4 Å². The van der Waals surface area contributed by atoms with Crippen LogP contribution in [0.2, 0.25) is 0 Å². The second-order valence-corrected chi connectivity index (χ2v) is 9.42. The van der Waals surface area contributed by atoms with Crippen LogP contribution in [-0.4, -0.2) is 41.9 Å². The topological polar surface area (TPSA) is 86.0 Å². The van der Waals surface area contributed by atoms with Gasteiger partial charge >= 0.3 is 5.63 Å². The average molecular weight is 462 g/mol. The Labute approximate surface area is 197 Å². The monoisotopic (exact) mass is 461 g/mol. The molecule has 5 rings (SSSR count). The van der Waals surface area contributed by atoms with E-state index in [1.54, 1.807) is 17.0 Å². The van der Waals surface area contributed by atoms with Crippen molar-refractivity contribution in [2.24, 2.45) is 0 Å². The zero-order chi connectivity index (χ0) is 24.0. The largest absolute Gasteiger partial charge is 0.486 e. The van der Waals surface area contributed by atoms with E-state index in [0.29, 0.717) is 55.0 Å². The van der Waals surface area contributed by atoms with Crippen LogP contribution in [0.5, 0.6) is 11.5 Å². The highest BCUT2D eigenvalue weighted by Crippen LogP contribution is 2.41. The third kappa shape index (κ3) is 4.06. The molecule has 1 fully saturated rings. The van der Waals surface area contributed by atoms with Crippen molar-refractivity contribution in [3.8, 4) is 11.5 Å². The quantitative estimate of drug-likeness (QED) is 0.546. The van der Waals surface area contributed by atoms with Gasteiger partial charge in [-0.1, -0.05) is 6.07 Å². The Morgan fingerprint density at radius 1 is 1.03 bits per heavy atom. The molecular weight excluding hydrogens is 434 g/mol. The summed E-state index contributed by atoms with van der Waals surface area (Å²) in [5, 5.41) is 0.827. The second-order valence-electron chi connectivity index (χ2n) is 9.42. The first-order valence-corrected chi connectivity index (χ1v) is 11.5. The number of carbonyl (C=O) groups excluding carboxylic acids is 2. The summed E-state index contributed by atoms with van der Waals surface area (Å²) < 4.78 is 17.4. The van der Waals surface area contributed by atoms with Gasteiger partial charge in [-0.25, -0.2) is 4.79 Å². The molecule has 7 nitrogen and oxygen atoms in total. The first-order valence-electron chi connectivity index (χ1n) is 11.5. The lowest BCUT2D eigenvalue weighted by molar-refractivity contribution is -0.136. The van der Waals surface area contributed by atoms with Crippen LogP contribution >= 0.6 is 0 Å². The number of Topliss-reactive ketones (excluding diaryl/α,β-unsaturated/α-hetero) is 1. The molecule has 3 aromatic rings. The van der Waals surface area contributed by atoms with Crippen LogP contribution in [0.4, 0.5) is 0 Å². The van der Waals surface area contributed by atoms with E-state index < -0.39 is 11.2 Å². The molecule has 0 atom stereocenters. The van der Waals surface area contributed by atoms with Crippen LogP contribution in [0.25, 0.3) is 11.0 Å². The number of rotatable bonds is 3. The summed E-state index contributed by atoms with van der Waals surface area (Å²) in [6, 6.07) is 10.6. The molecule has 0 unspecified atom stereocenters. The number of hydrogen-bond acceptors (Lipinski definition) is 6. The molecular formula is C27H27NO6. The third-order valence-electron chi connectivity index (χ3n) is 6.83. The highest BCUT2D eigenvalue weighted by atomic mass is 16.5. The van der Waals surface area contributed by atoms with Crippen molar-refractivity contribution in [3.05, 3.63) is 69.1 Å². The van der Waals surface area contributed by atoms with Crippen molar-refractivity contribution in [2.75, 3.05) is 19.7 Å². The average Bonchev–Trinajstić information content (AvgIpc) is 2.78. The molecule has 0 N–H and O–H groups in total. The summed E-state index contributed by atoms with van der Waals surface area (Å²) in [5.74, 6) is 1.12. The van der Waals surface area contributed by atoms with Crippen molar-refractivity contribution in [1.82, 2.24) is 4.90 Å². The predicted molar refractivity (Wildman–Crippen MR) is 127 cm³/mol. The van der Waals surface area contributed by atoms with E-state index >= 15 is 0 Å². The number of likely N-dealkylation sites (tertiary alicyclic amines) is 1. The third-order valence-corrected chi connectivity index (χ3v) is 6.83. The number of carbonyl (C=O) groups is 2. The number of hydrogen-bond donors (Lipinski definition) is 0. The fourth-order valence-electron chi connectivity index (χ4n) is 5.01. The van der Waals surface area contributed by atoms with Gasteiger partial charge in [0.15, 0.2) is 12.4 Å². The maximum atomic E-state index is 12.9. The van der Waals surface area contributed by atoms with Gasteiger partial charge in [0, 0.05) is 43.5 Å². The Hall–Kier alpha value is -3.61. The lowest BCUT2D eigenvalue weighted by atomic mass is 9.81. The lowest BCUT2D eigenvalue weighted by Crippen LogP contribution is -2.53. The van der Waals surface area contributed by atoms with Crippen molar-refractivity contribution < 1.29 is 23.5 Å². The SMILES string of the molecule is Cc1cc(C)c2c(c1)C(=O)CC1(CCN(C(=O)COc3ccc4c(C)cc(=O)oc4c3)CC1)O2. The zero-order valence-corrected chi connectivity index (χ0v) is 19.6. The number of ether oxygens (including phenoxy) is 2. The van der Waals surface area contributed by atoms with Gasteiger partial charge in [-0.15, -0.1) is 0 Å². The normalized spacial score (nSPS) is 16.9. The number of benzene rings is 2. The van der Waals surface area contributed by atoms with E-state index in [1.165, 1.54) is 6.07 Å². The smallest absolute Gasteiger partial charge is 0.336 e. The molecule has 1 amide bonds. The van der Waals surface area contributed by atoms with Gasteiger partial charge < -0.3 is 18.8 Å². The molecule has 0 radical (unpaired) electrons. The van der Waals surface area contributed by atoms with Gasteiger partial charge in [0.25, 0.3) is 5.91 Å². The molecule has 7 heteroatoms.